The summed E-state index contributed by atoms with van der Waals surface area (Å²) in [7, 11) is 0. The van der Waals surface area contributed by atoms with Gasteiger partial charge in [-0.25, -0.2) is 4.79 Å². The van der Waals surface area contributed by atoms with Crippen molar-refractivity contribution in [3.05, 3.63) is 33.1 Å². The zero-order valence-electron chi connectivity index (χ0n) is 9.61. The molecule has 0 saturated carbocycles. The van der Waals surface area contributed by atoms with Gasteiger partial charge in [-0.1, -0.05) is 0 Å². The first-order chi connectivity index (χ1) is 8.39. The summed E-state index contributed by atoms with van der Waals surface area (Å²) in [5.41, 5.74) is -2.70. The summed E-state index contributed by atoms with van der Waals surface area (Å²) in [5.74, 6) is 0. The van der Waals surface area contributed by atoms with E-state index in [0.717, 1.165) is 16.8 Å². The van der Waals surface area contributed by atoms with Crippen molar-refractivity contribution in [2.75, 3.05) is 6.61 Å². The lowest BCUT2D eigenvalue weighted by Gasteiger charge is -2.24. The second-order valence-electron chi connectivity index (χ2n) is 4.43. The Hall–Kier alpha value is -1.48. The molecule has 4 atom stereocenters. The van der Waals surface area contributed by atoms with Gasteiger partial charge in [-0.05, 0) is 6.92 Å². The number of aliphatic hydroxyl groups is 3. The Morgan fingerprint density at radius 3 is 2.67 bits per heavy atom. The summed E-state index contributed by atoms with van der Waals surface area (Å²) in [5, 5.41) is 28.8. The van der Waals surface area contributed by atoms with E-state index in [2.05, 4.69) is 0 Å². The SMILES string of the molecule is C[C@]1(CO)O[C@@H](n2ccc(=O)[nH]c2=O)C(O)C1O. The number of rotatable bonds is 2. The monoisotopic (exact) mass is 258 g/mol. The van der Waals surface area contributed by atoms with Crippen LogP contribution in [0.15, 0.2) is 21.9 Å². The van der Waals surface area contributed by atoms with E-state index in [4.69, 9.17) is 9.84 Å². The van der Waals surface area contributed by atoms with Gasteiger partial charge in [0.2, 0.25) is 0 Å². The normalized spacial score (nSPS) is 35.9. The van der Waals surface area contributed by atoms with Crippen LogP contribution in [0.5, 0.6) is 0 Å². The van der Waals surface area contributed by atoms with E-state index in [1.54, 1.807) is 0 Å². The molecule has 0 radical (unpaired) electrons. The topological polar surface area (TPSA) is 125 Å². The molecule has 1 fully saturated rings. The average molecular weight is 258 g/mol. The van der Waals surface area contributed by atoms with Crippen LogP contribution >= 0.6 is 0 Å². The van der Waals surface area contributed by atoms with Crippen LogP contribution in [0.1, 0.15) is 13.2 Å². The molecule has 8 heteroatoms. The fourth-order valence-corrected chi connectivity index (χ4v) is 1.91. The Kier molecular flexibility index (Phi) is 3.11. The van der Waals surface area contributed by atoms with E-state index < -0.39 is 41.9 Å². The van der Waals surface area contributed by atoms with E-state index in [1.165, 1.54) is 6.92 Å². The molecule has 1 aliphatic heterocycles. The number of hydrogen-bond donors (Lipinski definition) is 4. The molecule has 18 heavy (non-hydrogen) atoms. The van der Waals surface area contributed by atoms with Gasteiger partial charge in [0.15, 0.2) is 6.23 Å². The van der Waals surface area contributed by atoms with Crippen molar-refractivity contribution >= 4 is 0 Å². The van der Waals surface area contributed by atoms with Gasteiger partial charge in [-0.2, -0.15) is 0 Å². The Morgan fingerprint density at radius 1 is 1.50 bits per heavy atom. The molecule has 0 bridgehead atoms. The molecule has 1 aromatic heterocycles. The van der Waals surface area contributed by atoms with Gasteiger partial charge in [0, 0.05) is 12.3 Å². The van der Waals surface area contributed by atoms with Crippen molar-refractivity contribution in [2.24, 2.45) is 0 Å². The summed E-state index contributed by atoms with van der Waals surface area (Å²) in [6.45, 7) is 0.900. The van der Waals surface area contributed by atoms with Gasteiger partial charge >= 0.3 is 5.69 Å². The molecular weight excluding hydrogens is 244 g/mol. The maximum absolute atomic E-state index is 11.6. The number of nitrogens with zero attached hydrogens (tertiary/aromatic N) is 1. The van der Waals surface area contributed by atoms with Gasteiger partial charge in [0.05, 0.1) is 6.61 Å². The number of aromatic nitrogens is 2. The van der Waals surface area contributed by atoms with E-state index in [1.807, 2.05) is 4.98 Å². The Labute approximate surface area is 101 Å². The molecule has 1 saturated heterocycles. The molecule has 4 N–H and O–H groups in total. The highest BCUT2D eigenvalue weighted by Gasteiger charge is 2.51. The number of hydrogen-bond acceptors (Lipinski definition) is 6. The van der Waals surface area contributed by atoms with Crippen LogP contribution in [0.4, 0.5) is 0 Å². The second kappa shape index (κ2) is 4.32. The molecular formula is C10H14N2O6. The van der Waals surface area contributed by atoms with Crippen LogP contribution < -0.4 is 11.2 Å². The third-order valence-corrected chi connectivity index (χ3v) is 3.07. The molecule has 2 heterocycles. The highest BCUT2D eigenvalue weighted by molar-refractivity contribution is 4.99. The van der Waals surface area contributed by atoms with Crippen molar-refractivity contribution in [1.29, 1.82) is 0 Å². The minimum absolute atomic E-state index is 0.514. The van der Waals surface area contributed by atoms with Crippen molar-refractivity contribution < 1.29 is 20.1 Å². The van der Waals surface area contributed by atoms with Gasteiger partial charge in [0.25, 0.3) is 5.56 Å². The zero-order chi connectivity index (χ0) is 13.5. The van der Waals surface area contributed by atoms with Crippen LogP contribution in [-0.2, 0) is 4.74 Å². The Bertz CT molecular complexity index is 552. The third kappa shape index (κ3) is 1.89. The molecule has 2 rings (SSSR count). The van der Waals surface area contributed by atoms with E-state index >= 15 is 0 Å². The number of aliphatic hydroxyl groups excluding tert-OH is 3. The van der Waals surface area contributed by atoms with Gasteiger partial charge in [-0.15, -0.1) is 0 Å². The summed E-state index contributed by atoms with van der Waals surface area (Å²) in [4.78, 5) is 24.5. The number of nitrogens with one attached hydrogen (secondary N) is 1. The fourth-order valence-electron chi connectivity index (χ4n) is 1.91. The smallest absolute Gasteiger partial charge is 0.330 e. The second-order valence-corrected chi connectivity index (χ2v) is 4.43. The zero-order valence-corrected chi connectivity index (χ0v) is 9.61. The first-order valence-electron chi connectivity index (χ1n) is 5.35. The minimum atomic E-state index is -1.38. The van der Waals surface area contributed by atoms with Crippen LogP contribution in [-0.4, -0.2) is 49.3 Å². The summed E-state index contributed by atoms with van der Waals surface area (Å²) >= 11 is 0. The van der Waals surface area contributed by atoms with Gasteiger partial charge in [0.1, 0.15) is 17.8 Å². The van der Waals surface area contributed by atoms with E-state index in [9.17, 15) is 19.8 Å². The van der Waals surface area contributed by atoms with Crippen LogP contribution in [0.25, 0.3) is 0 Å². The van der Waals surface area contributed by atoms with Crippen LogP contribution in [0.2, 0.25) is 0 Å². The lowest BCUT2D eigenvalue weighted by molar-refractivity contribution is -0.117. The van der Waals surface area contributed by atoms with Gasteiger partial charge < -0.3 is 20.1 Å². The van der Waals surface area contributed by atoms with Gasteiger partial charge in [-0.3, -0.25) is 14.3 Å². The lowest BCUT2D eigenvalue weighted by Crippen LogP contribution is -2.43. The maximum Gasteiger partial charge on any atom is 0.330 e. The molecule has 0 spiro atoms. The molecule has 8 nitrogen and oxygen atoms in total. The molecule has 0 amide bonds. The first kappa shape index (κ1) is 13.0. The predicted molar refractivity (Wildman–Crippen MR) is 58.9 cm³/mol. The highest BCUT2D eigenvalue weighted by atomic mass is 16.6. The quantitative estimate of drug-likeness (QED) is 0.466. The summed E-state index contributed by atoms with van der Waals surface area (Å²) < 4.78 is 6.27. The predicted octanol–water partition coefficient (Wildman–Crippen LogP) is -2.46. The van der Waals surface area contributed by atoms with E-state index in [0.29, 0.717) is 0 Å². The maximum atomic E-state index is 11.6. The number of aromatic amines is 1. The number of ether oxygens (including phenoxy) is 1. The number of H-pyrrole nitrogens is 1. The molecule has 0 aliphatic carbocycles. The third-order valence-electron chi connectivity index (χ3n) is 3.07. The van der Waals surface area contributed by atoms with Crippen molar-refractivity contribution in [2.45, 2.75) is 31.0 Å². The average Bonchev–Trinajstić information content (AvgIpc) is 2.55. The lowest BCUT2D eigenvalue weighted by atomic mass is 9.99. The van der Waals surface area contributed by atoms with Crippen LogP contribution in [0.3, 0.4) is 0 Å². The Morgan fingerprint density at radius 2 is 2.17 bits per heavy atom. The first-order valence-corrected chi connectivity index (χ1v) is 5.35. The highest BCUT2D eigenvalue weighted by Crippen LogP contribution is 2.35. The largest absolute Gasteiger partial charge is 0.393 e. The van der Waals surface area contributed by atoms with Crippen molar-refractivity contribution in [3.63, 3.8) is 0 Å². The molecule has 2 unspecified atom stereocenters. The Balaban J connectivity index is 2.41. The van der Waals surface area contributed by atoms with Crippen molar-refractivity contribution in [3.8, 4) is 0 Å². The van der Waals surface area contributed by atoms with Crippen LogP contribution in [0, 0.1) is 0 Å². The summed E-state index contributed by atoms with van der Waals surface area (Å²) in [6.07, 6.45) is -2.73. The van der Waals surface area contributed by atoms with Crippen molar-refractivity contribution in [1.82, 2.24) is 9.55 Å². The molecule has 1 aromatic rings. The standard InChI is InChI=1S/C10H14N2O6/c1-10(4-13)7(16)6(15)8(18-10)12-3-2-5(14)11-9(12)17/h2-3,6-8,13,15-16H,4H2,1H3,(H,11,14,17)/t6?,7?,8-,10-/m1/s1. The summed E-state index contributed by atoms with van der Waals surface area (Å²) in [6, 6.07) is 1.10. The molecule has 0 aromatic carbocycles. The molecule has 1 aliphatic rings. The fraction of sp³-hybridized carbons (Fsp3) is 0.600. The molecule has 100 valence electrons. The van der Waals surface area contributed by atoms with E-state index in [-0.39, 0.29) is 0 Å². The minimum Gasteiger partial charge on any atom is -0.393 e.